The molecular formula is C21H23Cl2NO3. The molecule has 1 unspecified atom stereocenters. The van der Waals surface area contributed by atoms with Crippen molar-refractivity contribution in [3.8, 4) is 5.75 Å². The number of aliphatic imine (C=N–C) groups is 1. The van der Waals surface area contributed by atoms with E-state index in [1.54, 1.807) is 24.3 Å². The van der Waals surface area contributed by atoms with E-state index in [1.165, 1.54) is 7.11 Å². The Morgan fingerprint density at radius 2 is 1.89 bits per heavy atom. The van der Waals surface area contributed by atoms with Crippen LogP contribution in [0.1, 0.15) is 37.3 Å². The minimum Gasteiger partial charge on any atom is -0.507 e. The normalized spacial score (nSPS) is 12.7. The SMILES string of the molecule is COC(=O)CCC(C)CCN=C(c1cc(Cl)ccc1O)c1ccccc1Cl. The minimum absolute atomic E-state index is 0.0943. The van der Waals surface area contributed by atoms with Crippen LogP contribution in [-0.2, 0) is 9.53 Å². The lowest BCUT2D eigenvalue weighted by molar-refractivity contribution is -0.140. The summed E-state index contributed by atoms with van der Waals surface area (Å²) in [5.41, 5.74) is 1.87. The van der Waals surface area contributed by atoms with E-state index in [0.717, 1.165) is 18.4 Å². The number of rotatable bonds is 8. The predicted octanol–water partition coefficient (Wildman–Crippen LogP) is 5.52. The number of benzene rings is 2. The molecular weight excluding hydrogens is 385 g/mol. The summed E-state index contributed by atoms with van der Waals surface area (Å²) in [6.45, 7) is 2.61. The fraction of sp³-hybridized carbons (Fsp3) is 0.333. The first-order valence-corrected chi connectivity index (χ1v) is 9.53. The largest absolute Gasteiger partial charge is 0.507 e. The summed E-state index contributed by atoms with van der Waals surface area (Å²) in [5.74, 6) is 0.205. The zero-order chi connectivity index (χ0) is 19.8. The Morgan fingerprint density at radius 3 is 2.59 bits per heavy atom. The molecule has 2 rings (SSSR count). The highest BCUT2D eigenvalue weighted by molar-refractivity contribution is 6.36. The molecule has 0 saturated heterocycles. The molecule has 0 aliphatic carbocycles. The maximum absolute atomic E-state index is 11.3. The van der Waals surface area contributed by atoms with Crippen molar-refractivity contribution in [2.45, 2.75) is 26.2 Å². The van der Waals surface area contributed by atoms with Gasteiger partial charge in [-0.2, -0.15) is 0 Å². The summed E-state index contributed by atoms with van der Waals surface area (Å²) in [7, 11) is 1.39. The van der Waals surface area contributed by atoms with E-state index in [4.69, 9.17) is 28.2 Å². The van der Waals surface area contributed by atoms with Gasteiger partial charge < -0.3 is 9.84 Å². The average molecular weight is 408 g/mol. The van der Waals surface area contributed by atoms with E-state index in [2.05, 4.69) is 11.7 Å². The summed E-state index contributed by atoms with van der Waals surface area (Å²) in [6.07, 6.45) is 1.94. The first kappa shape index (κ1) is 21.3. The van der Waals surface area contributed by atoms with Gasteiger partial charge in [0.2, 0.25) is 0 Å². The van der Waals surface area contributed by atoms with Gasteiger partial charge in [0.25, 0.3) is 0 Å². The fourth-order valence-electron chi connectivity index (χ4n) is 2.67. The Balaban J connectivity index is 2.23. The number of carbonyl (C=O) groups is 1. The molecule has 0 radical (unpaired) electrons. The Hall–Kier alpha value is -2.04. The van der Waals surface area contributed by atoms with Crippen LogP contribution in [0.25, 0.3) is 0 Å². The lowest BCUT2D eigenvalue weighted by Gasteiger charge is -2.13. The van der Waals surface area contributed by atoms with Crippen molar-refractivity contribution in [2.24, 2.45) is 10.9 Å². The second-order valence-electron chi connectivity index (χ2n) is 6.38. The molecule has 0 aromatic heterocycles. The molecule has 0 amide bonds. The number of aromatic hydroxyl groups is 1. The molecule has 144 valence electrons. The van der Waals surface area contributed by atoms with Crippen LogP contribution in [0.15, 0.2) is 47.5 Å². The van der Waals surface area contributed by atoms with Gasteiger partial charge in [-0.05, 0) is 43.0 Å². The smallest absolute Gasteiger partial charge is 0.305 e. The molecule has 1 atom stereocenters. The fourth-order valence-corrected chi connectivity index (χ4v) is 3.07. The molecule has 27 heavy (non-hydrogen) atoms. The number of phenolic OH excluding ortho intramolecular Hbond substituents is 1. The van der Waals surface area contributed by atoms with Crippen LogP contribution in [0.3, 0.4) is 0 Å². The molecule has 0 bridgehead atoms. The summed E-state index contributed by atoms with van der Waals surface area (Å²) < 4.78 is 4.68. The van der Waals surface area contributed by atoms with Gasteiger partial charge >= 0.3 is 5.97 Å². The van der Waals surface area contributed by atoms with Gasteiger partial charge in [0.15, 0.2) is 0 Å². The van der Waals surface area contributed by atoms with Crippen molar-refractivity contribution >= 4 is 34.9 Å². The van der Waals surface area contributed by atoms with E-state index >= 15 is 0 Å². The van der Waals surface area contributed by atoms with Crippen LogP contribution in [0, 0.1) is 5.92 Å². The van der Waals surface area contributed by atoms with Crippen molar-refractivity contribution in [1.82, 2.24) is 0 Å². The molecule has 0 aliphatic heterocycles. The number of methoxy groups -OCH3 is 1. The van der Waals surface area contributed by atoms with Crippen LogP contribution in [0.4, 0.5) is 0 Å². The summed E-state index contributed by atoms with van der Waals surface area (Å²) in [6, 6.07) is 12.2. The molecule has 4 nitrogen and oxygen atoms in total. The first-order valence-electron chi connectivity index (χ1n) is 8.77. The summed E-state index contributed by atoms with van der Waals surface area (Å²) in [5, 5.41) is 11.4. The van der Waals surface area contributed by atoms with E-state index < -0.39 is 0 Å². The maximum atomic E-state index is 11.3. The number of nitrogens with zero attached hydrogens (tertiary/aromatic N) is 1. The first-order chi connectivity index (χ1) is 12.9. The number of esters is 1. The standard InChI is InChI=1S/C21H23Cl2NO3/c1-14(7-10-20(26)27-2)11-12-24-21(16-5-3-4-6-18(16)23)17-13-15(22)8-9-19(17)25/h3-6,8-9,13-14,25H,7,10-12H2,1-2H3. The zero-order valence-electron chi connectivity index (χ0n) is 15.4. The Bertz CT molecular complexity index is 821. The highest BCUT2D eigenvalue weighted by Gasteiger charge is 2.15. The quantitative estimate of drug-likeness (QED) is 0.463. The predicted molar refractivity (Wildman–Crippen MR) is 110 cm³/mol. The molecule has 2 aromatic rings. The third-order valence-corrected chi connectivity index (χ3v) is 4.87. The second-order valence-corrected chi connectivity index (χ2v) is 7.22. The number of ether oxygens (including phenoxy) is 1. The van der Waals surface area contributed by atoms with E-state index in [9.17, 15) is 9.90 Å². The Kier molecular flexibility index (Phi) is 8.14. The molecule has 2 aromatic carbocycles. The number of carbonyl (C=O) groups excluding carboxylic acids is 1. The topological polar surface area (TPSA) is 58.9 Å². The van der Waals surface area contributed by atoms with Gasteiger partial charge in [0, 0.05) is 34.1 Å². The van der Waals surface area contributed by atoms with Crippen molar-refractivity contribution in [1.29, 1.82) is 0 Å². The van der Waals surface area contributed by atoms with Gasteiger partial charge in [-0.25, -0.2) is 0 Å². The third kappa shape index (κ3) is 6.26. The van der Waals surface area contributed by atoms with E-state index in [-0.39, 0.29) is 11.7 Å². The molecule has 0 fully saturated rings. The summed E-state index contributed by atoms with van der Waals surface area (Å²) >= 11 is 12.5. The van der Waals surface area contributed by atoms with E-state index in [0.29, 0.717) is 40.2 Å². The third-order valence-electron chi connectivity index (χ3n) is 4.30. The van der Waals surface area contributed by atoms with Crippen molar-refractivity contribution < 1.29 is 14.6 Å². The Morgan fingerprint density at radius 1 is 1.15 bits per heavy atom. The van der Waals surface area contributed by atoms with E-state index in [1.807, 2.05) is 18.2 Å². The average Bonchev–Trinajstić information content (AvgIpc) is 2.66. The molecule has 6 heteroatoms. The lowest BCUT2D eigenvalue weighted by atomic mass is 10.00. The molecule has 0 aliphatic rings. The molecule has 0 spiro atoms. The molecule has 0 heterocycles. The number of halogens is 2. The zero-order valence-corrected chi connectivity index (χ0v) is 16.9. The van der Waals surface area contributed by atoms with Crippen molar-refractivity contribution in [2.75, 3.05) is 13.7 Å². The number of hydrogen-bond donors (Lipinski definition) is 1. The van der Waals surface area contributed by atoms with Crippen LogP contribution in [0.5, 0.6) is 5.75 Å². The van der Waals surface area contributed by atoms with Gasteiger partial charge in [0.05, 0.1) is 12.8 Å². The maximum Gasteiger partial charge on any atom is 0.305 e. The summed E-state index contributed by atoms with van der Waals surface area (Å²) in [4.78, 5) is 16.0. The number of phenols is 1. The molecule has 0 saturated carbocycles. The van der Waals surface area contributed by atoms with Crippen LogP contribution in [0.2, 0.25) is 10.0 Å². The monoisotopic (exact) mass is 407 g/mol. The molecule has 1 N–H and O–H groups in total. The van der Waals surface area contributed by atoms with Gasteiger partial charge in [0.1, 0.15) is 5.75 Å². The van der Waals surface area contributed by atoms with Crippen molar-refractivity contribution in [3.63, 3.8) is 0 Å². The van der Waals surface area contributed by atoms with Crippen LogP contribution in [-0.4, -0.2) is 30.4 Å². The highest BCUT2D eigenvalue weighted by atomic mass is 35.5. The highest BCUT2D eigenvalue weighted by Crippen LogP contribution is 2.28. The van der Waals surface area contributed by atoms with Gasteiger partial charge in [-0.15, -0.1) is 0 Å². The lowest BCUT2D eigenvalue weighted by Crippen LogP contribution is -2.08. The Labute approximate surface area is 169 Å². The van der Waals surface area contributed by atoms with Crippen LogP contribution >= 0.6 is 23.2 Å². The van der Waals surface area contributed by atoms with Gasteiger partial charge in [-0.3, -0.25) is 9.79 Å². The second kappa shape index (κ2) is 10.3. The minimum atomic E-state index is -0.203. The number of hydrogen-bond acceptors (Lipinski definition) is 4. The van der Waals surface area contributed by atoms with Crippen LogP contribution < -0.4 is 0 Å². The van der Waals surface area contributed by atoms with Gasteiger partial charge in [-0.1, -0.05) is 48.3 Å². The van der Waals surface area contributed by atoms with Crippen molar-refractivity contribution in [3.05, 3.63) is 63.6 Å².